The van der Waals surface area contributed by atoms with Gasteiger partial charge in [-0.2, -0.15) is 13.2 Å². The number of halogens is 4. The summed E-state index contributed by atoms with van der Waals surface area (Å²) in [5.41, 5.74) is -2.17. The summed E-state index contributed by atoms with van der Waals surface area (Å²) in [6, 6.07) is 1.57. The Balaban J connectivity index is 3.27. The topological polar surface area (TPSA) is 58.9 Å². The molecule has 0 heterocycles. The Kier molecular flexibility index (Phi) is 3.86. The van der Waals surface area contributed by atoms with Gasteiger partial charge in [-0.05, 0) is 17.6 Å². The molecule has 0 aromatic heterocycles. The van der Waals surface area contributed by atoms with Gasteiger partial charge in [0.1, 0.15) is 5.82 Å². The Morgan fingerprint density at radius 2 is 1.69 bits per heavy atom. The molecule has 0 amide bonds. The number of benzene rings is 1. The highest BCUT2D eigenvalue weighted by Crippen LogP contribution is 2.28. The molecule has 0 unspecified atom stereocenters. The van der Waals surface area contributed by atoms with Crippen molar-refractivity contribution < 1.29 is 37.7 Å². The molecule has 1 rings (SSSR count). The highest BCUT2D eigenvalue weighted by atomic mass is 19.4. The molecule has 9 heteroatoms. The molecular weight excluding hydrogens is 235 g/mol. The van der Waals surface area contributed by atoms with E-state index < -0.39 is 30.1 Å². The van der Waals surface area contributed by atoms with Crippen LogP contribution in [0.15, 0.2) is 18.2 Å². The lowest BCUT2D eigenvalue weighted by atomic mass is 9.76. The summed E-state index contributed by atoms with van der Waals surface area (Å²) in [7, 11) is -2.06. The van der Waals surface area contributed by atoms with Crippen molar-refractivity contribution in [1.82, 2.24) is 0 Å². The number of hydrogen-bond donors (Lipinski definition) is 2. The quantitative estimate of drug-likeness (QED) is 0.364. The molecule has 0 atom stereocenters. The maximum Gasteiger partial charge on any atom is 0.554 e. The normalized spacial score (nSPS) is 11.6. The Labute approximate surface area is 87.0 Å². The number of rotatable bonds is 3. The van der Waals surface area contributed by atoms with E-state index in [2.05, 4.69) is 9.61 Å². The largest absolute Gasteiger partial charge is 0.554 e. The molecule has 1 aromatic carbocycles. The van der Waals surface area contributed by atoms with Crippen molar-refractivity contribution in [3.05, 3.63) is 29.6 Å². The summed E-state index contributed by atoms with van der Waals surface area (Å²) >= 11 is 0. The molecule has 4 nitrogen and oxygen atoms in total. The summed E-state index contributed by atoms with van der Waals surface area (Å²) in [6.45, 7) is 0. The van der Waals surface area contributed by atoms with Gasteiger partial charge in [-0.25, -0.2) is 4.39 Å². The first-order valence-corrected chi connectivity index (χ1v) is 3.87. The van der Waals surface area contributed by atoms with Gasteiger partial charge in [0.05, 0.1) is 5.56 Å². The molecule has 0 aliphatic carbocycles. The zero-order chi connectivity index (χ0) is 12.3. The van der Waals surface area contributed by atoms with E-state index in [1.165, 1.54) is 0 Å². The third-order valence-corrected chi connectivity index (χ3v) is 1.77. The molecule has 0 saturated carbocycles. The van der Waals surface area contributed by atoms with Crippen molar-refractivity contribution in [2.45, 2.75) is 6.18 Å². The van der Waals surface area contributed by atoms with Crippen LogP contribution in [0.1, 0.15) is 5.56 Å². The van der Waals surface area contributed by atoms with E-state index in [4.69, 9.17) is 10.5 Å². The Bertz CT molecular complexity index is 366. The monoisotopic (exact) mass is 240 g/mol. The summed E-state index contributed by atoms with van der Waals surface area (Å²) in [5, 5.41) is 16.4. The van der Waals surface area contributed by atoms with Crippen LogP contribution in [0.3, 0.4) is 0 Å². The number of hydrogen-bond acceptors (Lipinski definition) is 4. The van der Waals surface area contributed by atoms with Crippen molar-refractivity contribution >= 4 is 12.6 Å². The number of alkyl halides is 3. The minimum Gasteiger partial charge on any atom is -0.264 e. The summed E-state index contributed by atoms with van der Waals surface area (Å²) < 4.78 is 49.9. The molecule has 88 valence electrons. The van der Waals surface area contributed by atoms with Crippen LogP contribution < -0.4 is 5.46 Å². The van der Waals surface area contributed by atoms with E-state index in [1.54, 1.807) is 0 Å². The fourth-order valence-electron chi connectivity index (χ4n) is 1.11. The molecule has 16 heavy (non-hydrogen) atoms. The Morgan fingerprint density at radius 3 is 2.12 bits per heavy atom. The van der Waals surface area contributed by atoms with Crippen molar-refractivity contribution in [2.24, 2.45) is 0 Å². The molecule has 0 aliphatic rings. The highest BCUT2D eigenvalue weighted by Gasteiger charge is 2.39. The Hall–Kier alpha value is -1.16. The molecule has 0 aliphatic heterocycles. The van der Waals surface area contributed by atoms with Crippen molar-refractivity contribution in [2.75, 3.05) is 0 Å². The van der Waals surface area contributed by atoms with Crippen LogP contribution in [-0.4, -0.2) is 17.6 Å². The molecule has 2 N–H and O–H groups in total. The molecule has 1 aromatic rings. The van der Waals surface area contributed by atoms with Gasteiger partial charge in [-0.1, -0.05) is 6.07 Å². The van der Waals surface area contributed by atoms with E-state index in [0.717, 1.165) is 0 Å². The summed E-state index contributed by atoms with van der Waals surface area (Å²) in [6.07, 6.45) is -4.87. The smallest absolute Gasteiger partial charge is 0.264 e. The van der Waals surface area contributed by atoms with Gasteiger partial charge < -0.3 is 0 Å². The first-order chi connectivity index (χ1) is 7.40. The van der Waals surface area contributed by atoms with Crippen LogP contribution in [0.4, 0.5) is 17.6 Å². The summed E-state index contributed by atoms with van der Waals surface area (Å²) in [5.74, 6) is -1.12. The van der Waals surface area contributed by atoms with Crippen LogP contribution in [-0.2, 0) is 15.8 Å². The zero-order valence-corrected chi connectivity index (χ0v) is 7.53. The SMILES string of the molecule is OOB(OO)c1ccc(F)cc1C(F)(F)F. The first-order valence-electron chi connectivity index (χ1n) is 3.87. The van der Waals surface area contributed by atoms with Crippen molar-refractivity contribution in [3.8, 4) is 0 Å². The van der Waals surface area contributed by atoms with Crippen LogP contribution in [0.2, 0.25) is 0 Å². The molecule has 0 spiro atoms. The van der Waals surface area contributed by atoms with Gasteiger partial charge in [0.25, 0.3) is 0 Å². The fraction of sp³-hybridized carbons (Fsp3) is 0.143. The lowest BCUT2D eigenvalue weighted by Gasteiger charge is -2.14. The van der Waals surface area contributed by atoms with E-state index >= 15 is 0 Å². The molecular formula is C7H5BF4O4. The summed E-state index contributed by atoms with van der Waals surface area (Å²) in [4.78, 5) is 6.93. The molecule has 0 fully saturated rings. The minimum atomic E-state index is -4.87. The predicted molar refractivity (Wildman–Crippen MR) is 44.2 cm³/mol. The van der Waals surface area contributed by atoms with Crippen LogP contribution >= 0.6 is 0 Å². The average molecular weight is 240 g/mol. The average Bonchev–Trinajstić information content (AvgIpc) is 2.20. The third kappa shape index (κ3) is 2.70. The van der Waals surface area contributed by atoms with Crippen LogP contribution in [0.5, 0.6) is 0 Å². The fourth-order valence-corrected chi connectivity index (χ4v) is 1.11. The lowest BCUT2D eigenvalue weighted by Crippen LogP contribution is -2.40. The van der Waals surface area contributed by atoms with E-state index in [-0.39, 0.29) is 6.07 Å². The van der Waals surface area contributed by atoms with Crippen molar-refractivity contribution in [3.63, 3.8) is 0 Å². The van der Waals surface area contributed by atoms with Gasteiger partial charge in [-0.15, -0.1) is 0 Å². The highest BCUT2D eigenvalue weighted by molar-refractivity contribution is 6.61. The lowest BCUT2D eigenvalue weighted by molar-refractivity contribution is -0.222. The van der Waals surface area contributed by atoms with Gasteiger partial charge >= 0.3 is 13.3 Å². The molecule has 0 radical (unpaired) electrons. The van der Waals surface area contributed by atoms with Gasteiger partial charge in [0.2, 0.25) is 0 Å². The second kappa shape index (κ2) is 4.79. The zero-order valence-electron chi connectivity index (χ0n) is 7.53. The van der Waals surface area contributed by atoms with Gasteiger partial charge in [-0.3, -0.25) is 20.1 Å². The van der Waals surface area contributed by atoms with E-state index in [1.807, 2.05) is 0 Å². The predicted octanol–water partition coefficient (Wildman–Crippen LogP) is 1.52. The maximum atomic E-state index is 12.6. The Morgan fingerprint density at radius 1 is 1.12 bits per heavy atom. The first kappa shape index (κ1) is 12.9. The van der Waals surface area contributed by atoms with Crippen LogP contribution in [0.25, 0.3) is 0 Å². The van der Waals surface area contributed by atoms with Gasteiger partial charge in [0.15, 0.2) is 0 Å². The second-order valence-electron chi connectivity index (χ2n) is 2.77. The maximum absolute atomic E-state index is 12.6. The van der Waals surface area contributed by atoms with Crippen molar-refractivity contribution in [1.29, 1.82) is 0 Å². The third-order valence-electron chi connectivity index (χ3n) is 1.77. The van der Waals surface area contributed by atoms with Crippen LogP contribution in [0, 0.1) is 5.82 Å². The minimum absolute atomic E-state index is 0.195. The van der Waals surface area contributed by atoms with Gasteiger partial charge in [0, 0.05) is 0 Å². The molecule has 0 bridgehead atoms. The standard InChI is InChI=1S/C7H5BF4O4/c9-4-1-2-6(8(15-13)16-14)5(3-4)7(10,11)12/h1-3,13-14H. The van der Waals surface area contributed by atoms with E-state index in [9.17, 15) is 17.6 Å². The molecule has 0 saturated heterocycles. The second-order valence-corrected chi connectivity index (χ2v) is 2.77. The van der Waals surface area contributed by atoms with E-state index in [0.29, 0.717) is 12.1 Å².